The summed E-state index contributed by atoms with van der Waals surface area (Å²) in [5, 5.41) is 4.35. The van der Waals surface area contributed by atoms with Crippen LogP contribution in [0.1, 0.15) is 29.5 Å². The zero-order chi connectivity index (χ0) is 22.3. The van der Waals surface area contributed by atoms with Crippen LogP contribution >= 0.6 is 11.6 Å². The molecule has 3 aromatic carbocycles. The molecular weight excluding hydrogens is 444 g/mol. The molecule has 1 heterocycles. The molecule has 3 atom stereocenters. The number of rotatable bonds is 5. The Labute approximate surface area is 193 Å². The van der Waals surface area contributed by atoms with Gasteiger partial charge in [0.1, 0.15) is 5.75 Å². The van der Waals surface area contributed by atoms with Crippen LogP contribution in [0.3, 0.4) is 0 Å². The molecular formula is C25H23ClN2O3S. The number of para-hydroxylation sites is 2. The Balaban J connectivity index is 1.51. The van der Waals surface area contributed by atoms with Crippen molar-refractivity contribution in [2.24, 2.45) is 5.92 Å². The Hall–Kier alpha value is -2.96. The first kappa shape index (κ1) is 20.9. The molecule has 164 valence electrons. The standard InChI is InChI=1S/C25H23ClN2O3S/c1-31-24-12-5-4-11-23(24)28-32(29,30)16-13-14-22-20(15-16)17-8-6-9-18(17)25(27-22)19-7-2-3-10-21(19)26/h2-8,10-15,17-18,25,27-28H,9H2,1H3/t17-,18-,25-/m1/s1. The number of halogens is 1. The first-order valence-corrected chi connectivity index (χ1v) is 12.3. The third kappa shape index (κ3) is 3.63. The quantitative estimate of drug-likeness (QED) is 0.454. The lowest BCUT2D eigenvalue weighted by Gasteiger charge is -2.38. The molecule has 0 spiro atoms. The van der Waals surface area contributed by atoms with Gasteiger partial charge >= 0.3 is 0 Å². The average molecular weight is 467 g/mol. The van der Waals surface area contributed by atoms with Crippen LogP contribution in [-0.4, -0.2) is 15.5 Å². The van der Waals surface area contributed by atoms with E-state index in [4.69, 9.17) is 16.3 Å². The van der Waals surface area contributed by atoms with Crippen molar-refractivity contribution < 1.29 is 13.2 Å². The van der Waals surface area contributed by atoms with Crippen molar-refractivity contribution in [2.75, 3.05) is 17.1 Å². The molecule has 2 N–H and O–H groups in total. The minimum atomic E-state index is -3.78. The monoisotopic (exact) mass is 466 g/mol. The van der Waals surface area contributed by atoms with Gasteiger partial charge in [-0.05, 0) is 59.9 Å². The summed E-state index contributed by atoms with van der Waals surface area (Å²) in [4.78, 5) is 0.221. The fourth-order valence-electron chi connectivity index (χ4n) is 4.71. The van der Waals surface area contributed by atoms with Crippen LogP contribution in [0.5, 0.6) is 5.75 Å². The lowest BCUT2D eigenvalue weighted by atomic mass is 9.77. The summed E-state index contributed by atoms with van der Waals surface area (Å²) in [5.41, 5.74) is 3.38. The second-order valence-electron chi connectivity index (χ2n) is 8.05. The van der Waals surface area contributed by atoms with Crippen molar-refractivity contribution in [3.8, 4) is 5.75 Å². The van der Waals surface area contributed by atoms with Crippen molar-refractivity contribution >= 4 is 33.0 Å². The predicted octanol–water partition coefficient (Wildman–Crippen LogP) is 5.98. The second kappa shape index (κ2) is 8.19. The number of fused-ring (bicyclic) bond motifs is 3. The molecule has 0 saturated heterocycles. The van der Waals surface area contributed by atoms with Gasteiger partial charge in [0.25, 0.3) is 10.0 Å². The molecule has 0 amide bonds. The van der Waals surface area contributed by atoms with Gasteiger partial charge in [0, 0.05) is 16.6 Å². The van der Waals surface area contributed by atoms with Gasteiger partial charge in [-0.2, -0.15) is 0 Å². The number of hydrogen-bond acceptors (Lipinski definition) is 4. The third-order valence-corrected chi connectivity index (χ3v) is 7.94. The van der Waals surface area contributed by atoms with E-state index in [9.17, 15) is 8.42 Å². The van der Waals surface area contributed by atoms with E-state index in [-0.39, 0.29) is 22.8 Å². The van der Waals surface area contributed by atoms with E-state index < -0.39 is 10.0 Å². The molecule has 0 saturated carbocycles. The van der Waals surface area contributed by atoms with Gasteiger partial charge in [-0.3, -0.25) is 4.72 Å². The van der Waals surface area contributed by atoms with Crippen LogP contribution in [0.15, 0.2) is 83.8 Å². The first-order chi connectivity index (χ1) is 15.5. The molecule has 0 bridgehead atoms. The van der Waals surface area contributed by atoms with Crippen molar-refractivity contribution in [1.29, 1.82) is 0 Å². The number of benzene rings is 3. The number of nitrogens with one attached hydrogen (secondary N) is 2. The summed E-state index contributed by atoms with van der Waals surface area (Å²) in [5.74, 6) is 0.855. The zero-order valence-corrected chi connectivity index (χ0v) is 19.0. The second-order valence-corrected chi connectivity index (χ2v) is 10.1. The van der Waals surface area contributed by atoms with Gasteiger partial charge < -0.3 is 10.1 Å². The topological polar surface area (TPSA) is 67.4 Å². The summed E-state index contributed by atoms with van der Waals surface area (Å²) >= 11 is 6.50. The molecule has 32 heavy (non-hydrogen) atoms. The van der Waals surface area contributed by atoms with Crippen molar-refractivity contribution in [3.05, 3.63) is 95.0 Å². The van der Waals surface area contributed by atoms with E-state index in [0.717, 1.165) is 28.3 Å². The fraction of sp³-hybridized carbons (Fsp3) is 0.200. The molecule has 1 aliphatic heterocycles. The van der Waals surface area contributed by atoms with Gasteiger partial charge in [-0.15, -0.1) is 0 Å². The molecule has 5 rings (SSSR count). The maximum Gasteiger partial charge on any atom is 0.262 e. The minimum Gasteiger partial charge on any atom is -0.495 e. The Morgan fingerprint density at radius 1 is 1.03 bits per heavy atom. The van der Waals surface area contributed by atoms with E-state index in [0.29, 0.717) is 11.4 Å². The predicted molar refractivity (Wildman–Crippen MR) is 128 cm³/mol. The van der Waals surface area contributed by atoms with Crippen LogP contribution in [0.2, 0.25) is 5.02 Å². The van der Waals surface area contributed by atoms with Crippen LogP contribution in [-0.2, 0) is 10.0 Å². The highest BCUT2D eigenvalue weighted by molar-refractivity contribution is 7.92. The average Bonchev–Trinajstić information content (AvgIpc) is 3.29. The summed E-state index contributed by atoms with van der Waals surface area (Å²) in [6, 6.07) is 20.2. The van der Waals surface area contributed by atoms with Crippen LogP contribution in [0.4, 0.5) is 11.4 Å². The number of sulfonamides is 1. The number of methoxy groups -OCH3 is 1. The minimum absolute atomic E-state index is 0.0605. The number of ether oxygens (including phenoxy) is 1. The summed E-state index contributed by atoms with van der Waals surface area (Å²) in [7, 11) is -2.27. The molecule has 0 radical (unpaired) electrons. The van der Waals surface area contributed by atoms with Crippen LogP contribution < -0.4 is 14.8 Å². The number of anilines is 2. The van der Waals surface area contributed by atoms with E-state index in [1.165, 1.54) is 7.11 Å². The number of hydrogen-bond donors (Lipinski definition) is 2. The molecule has 0 fully saturated rings. The lowest BCUT2D eigenvalue weighted by Crippen LogP contribution is -2.29. The highest BCUT2D eigenvalue weighted by atomic mass is 35.5. The van der Waals surface area contributed by atoms with E-state index >= 15 is 0 Å². The Kier molecular flexibility index (Phi) is 5.35. The molecule has 0 unspecified atom stereocenters. The largest absolute Gasteiger partial charge is 0.495 e. The summed E-state index contributed by atoms with van der Waals surface area (Å²) < 4.78 is 34.2. The van der Waals surface area contributed by atoms with E-state index in [1.54, 1.807) is 36.4 Å². The lowest BCUT2D eigenvalue weighted by molar-refractivity contribution is 0.417. The van der Waals surface area contributed by atoms with Gasteiger partial charge in [-0.25, -0.2) is 8.42 Å². The maximum atomic E-state index is 13.2. The highest BCUT2D eigenvalue weighted by Gasteiger charge is 2.39. The zero-order valence-electron chi connectivity index (χ0n) is 17.5. The molecule has 5 nitrogen and oxygen atoms in total. The molecule has 3 aromatic rings. The molecule has 7 heteroatoms. The van der Waals surface area contributed by atoms with Gasteiger partial charge in [0.2, 0.25) is 0 Å². The molecule has 1 aliphatic carbocycles. The first-order valence-electron chi connectivity index (χ1n) is 10.5. The Morgan fingerprint density at radius 2 is 1.81 bits per heavy atom. The summed E-state index contributed by atoms with van der Waals surface area (Å²) in [6.45, 7) is 0. The Morgan fingerprint density at radius 3 is 2.62 bits per heavy atom. The van der Waals surface area contributed by atoms with E-state index in [1.807, 2.05) is 24.3 Å². The molecule has 0 aromatic heterocycles. The van der Waals surface area contributed by atoms with Crippen molar-refractivity contribution in [1.82, 2.24) is 0 Å². The fourth-order valence-corrected chi connectivity index (χ4v) is 6.07. The van der Waals surface area contributed by atoms with Crippen LogP contribution in [0.25, 0.3) is 0 Å². The molecule has 2 aliphatic rings. The smallest absolute Gasteiger partial charge is 0.262 e. The highest BCUT2D eigenvalue weighted by Crippen LogP contribution is 2.51. The van der Waals surface area contributed by atoms with Gasteiger partial charge in [0.05, 0.1) is 23.7 Å². The maximum absolute atomic E-state index is 13.2. The van der Waals surface area contributed by atoms with Gasteiger partial charge in [0.15, 0.2) is 0 Å². The normalized spacial score (nSPS) is 21.4. The van der Waals surface area contributed by atoms with E-state index in [2.05, 4.69) is 28.3 Å². The van der Waals surface area contributed by atoms with Crippen molar-refractivity contribution in [2.45, 2.75) is 23.3 Å². The summed E-state index contributed by atoms with van der Waals surface area (Å²) in [6.07, 6.45) is 5.26. The number of allylic oxidation sites excluding steroid dienone is 2. The Bertz CT molecular complexity index is 1310. The van der Waals surface area contributed by atoms with Gasteiger partial charge in [-0.1, -0.05) is 54.1 Å². The van der Waals surface area contributed by atoms with Crippen LogP contribution in [0, 0.1) is 5.92 Å². The third-order valence-electron chi connectivity index (χ3n) is 6.24. The van der Waals surface area contributed by atoms with Crippen molar-refractivity contribution in [3.63, 3.8) is 0 Å². The SMILES string of the molecule is COc1ccccc1NS(=O)(=O)c1ccc2c(c1)[C@@H]1C=CC[C@H]1[C@H](c1ccccc1Cl)N2.